The monoisotopic (exact) mass is 440 g/mol. The molecule has 7 nitrogen and oxygen atoms in total. The zero-order valence-corrected chi connectivity index (χ0v) is 19.0. The van der Waals surface area contributed by atoms with Crippen molar-refractivity contribution in [1.29, 1.82) is 0 Å². The molecule has 0 N–H and O–H groups in total. The molecule has 1 aliphatic rings. The van der Waals surface area contributed by atoms with Gasteiger partial charge in [-0.15, -0.1) is 11.3 Å². The highest BCUT2D eigenvalue weighted by Crippen LogP contribution is 2.33. The molecule has 31 heavy (non-hydrogen) atoms. The molecule has 1 atom stereocenters. The van der Waals surface area contributed by atoms with Gasteiger partial charge in [0.25, 0.3) is 0 Å². The van der Waals surface area contributed by atoms with Gasteiger partial charge in [0.2, 0.25) is 5.91 Å². The van der Waals surface area contributed by atoms with Gasteiger partial charge in [-0.25, -0.2) is 9.97 Å². The van der Waals surface area contributed by atoms with Crippen molar-refractivity contribution in [2.75, 3.05) is 27.3 Å². The normalized spacial score (nSPS) is 16.4. The van der Waals surface area contributed by atoms with Crippen molar-refractivity contribution in [3.05, 3.63) is 47.5 Å². The number of likely N-dealkylation sites (tertiary alicyclic amines) is 1. The number of carbonyl (C=O) groups excluding carboxylic acids is 1. The van der Waals surface area contributed by atoms with Gasteiger partial charge in [0.05, 0.1) is 26.3 Å². The zero-order chi connectivity index (χ0) is 21.8. The van der Waals surface area contributed by atoms with Crippen molar-refractivity contribution in [2.45, 2.75) is 25.7 Å². The van der Waals surface area contributed by atoms with E-state index < -0.39 is 0 Å². The second kappa shape index (κ2) is 9.51. The van der Waals surface area contributed by atoms with E-state index >= 15 is 0 Å². The van der Waals surface area contributed by atoms with Gasteiger partial charge in [-0.05, 0) is 37.0 Å². The molecule has 0 aliphatic carbocycles. The molecular formula is C23H28N4O3S. The smallest absolute Gasteiger partial charge is 0.228 e. The number of piperidine rings is 1. The van der Waals surface area contributed by atoms with Crippen LogP contribution >= 0.6 is 11.3 Å². The van der Waals surface area contributed by atoms with Gasteiger partial charge in [0, 0.05) is 49.9 Å². The fraction of sp³-hybridized carbons (Fsp3) is 0.435. The maximum atomic E-state index is 12.9. The number of hydrogen-bond acceptors (Lipinski definition) is 6. The molecule has 0 radical (unpaired) electrons. The van der Waals surface area contributed by atoms with Crippen LogP contribution in [-0.2, 0) is 24.7 Å². The maximum Gasteiger partial charge on any atom is 0.228 e. The van der Waals surface area contributed by atoms with Crippen LogP contribution in [0.4, 0.5) is 0 Å². The summed E-state index contributed by atoms with van der Waals surface area (Å²) in [7, 11) is 5.26. The molecule has 4 rings (SSSR count). The largest absolute Gasteiger partial charge is 0.493 e. The van der Waals surface area contributed by atoms with E-state index in [-0.39, 0.29) is 5.91 Å². The summed E-state index contributed by atoms with van der Waals surface area (Å²) in [5.41, 5.74) is 1.76. The summed E-state index contributed by atoms with van der Waals surface area (Å²) in [5, 5.41) is 2.84. The molecule has 1 saturated heterocycles. The molecule has 0 saturated carbocycles. The lowest BCUT2D eigenvalue weighted by Crippen LogP contribution is -2.41. The number of methoxy groups -OCH3 is 2. The van der Waals surface area contributed by atoms with Crippen LogP contribution < -0.4 is 9.47 Å². The number of nitrogens with zero attached hydrogens (tertiary/aromatic N) is 4. The Morgan fingerprint density at radius 1 is 1.26 bits per heavy atom. The quantitative estimate of drug-likeness (QED) is 0.562. The van der Waals surface area contributed by atoms with E-state index in [1.54, 1.807) is 14.2 Å². The summed E-state index contributed by atoms with van der Waals surface area (Å²) < 4.78 is 12.8. The summed E-state index contributed by atoms with van der Waals surface area (Å²) in [6, 6.07) is 5.74. The Labute approximate surface area is 186 Å². The van der Waals surface area contributed by atoms with E-state index in [4.69, 9.17) is 14.5 Å². The van der Waals surface area contributed by atoms with Crippen LogP contribution in [0.5, 0.6) is 11.5 Å². The average molecular weight is 441 g/mol. The van der Waals surface area contributed by atoms with Crippen LogP contribution in [0, 0.1) is 5.92 Å². The van der Waals surface area contributed by atoms with Crippen LogP contribution in [0.25, 0.3) is 10.6 Å². The van der Waals surface area contributed by atoms with E-state index in [0.29, 0.717) is 23.8 Å². The summed E-state index contributed by atoms with van der Waals surface area (Å²) in [5.74, 6) is 3.03. The van der Waals surface area contributed by atoms with Gasteiger partial charge in [-0.1, -0.05) is 0 Å². The summed E-state index contributed by atoms with van der Waals surface area (Å²) >= 11 is 1.54. The number of rotatable bonds is 7. The van der Waals surface area contributed by atoms with Crippen molar-refractivity contribution in [3.63, 3.8) is 0 Å². The van der Waals surface area contributed by atoms with Crippen molar-refractivity contribution in [2.24, 2.45) is 13.0 Å². The Morgan fingerprint density at radius 2 is 2.10 bits per heavy atom. The van der Waals surface area contributed by atoms with Crippen molar-refractivity contribution >= 4 is 17.2 Å². The van der Waals surface area contributed by atoms with Crippen molar-refractivity contribution < 1.29 is 14.3 Å². The Kier molecular flexibility index (Phi) is 6.56. The number of aryl methyl sites for hydroxylation is 1. The minimum atomic E-state index is 0.147. The lowest BCUT2D eigenvalue weighted by atomic mass is 9.94. The second-order valence-corrected chi connectivity index (χ2v) is 8.76. The third-order valence-electron chi connectivity index (χ3n) is 5.78. The highest BCUT2D eigenvalue weighted by atomic mass is 32.1. The third-order valence-corrected chi connectivity index (χ3v) is 6.72. The first-order valence-electron chi connectivity index (χ1n) is 10.5. The number of carbonyl (C=O) groups is 1. The molecule has 0 spiro atoms. The lowest BCUT2D eigenvalue weighted by molar-refractivity contribution is -0.132. The van der Waals surface area contributed by atoms with Crippen LogP contribution in [0.3, 0.4) is 0 Å². The topological polar surface area (TPSA) is 69.5 Å². The van der Waals surface area contributed by atoms with Crippen molar-refractivity contribution in [3.8, 4) is 22.1 Å². The first-order chi connectivity index (χ1) is 15.1. The highest BCUT2D eigenvalue weighted by Gasteiger charge is 2.25. The van der Waals surface area contributed by atoms with E-state index in [2.05, 4.69) is 9.55 Å². The first kappa shape index (κ1) is 21.4. The summed E-state index contributed by atoms with van der Waals surface area (Å²) in [6.07, 6.45) is 7.22. The molecule has 3 heterocycles. The van der Waals surface area contributed by atoms with E-state index in [1.165, 1.54) is 11.3 Å². The molecule has 1 unspecified atom stereocenters. The molecule has 1 amide bonds. The molecule has 3 aromatic rings. The summed E-state index contributed by atoms with van der Waals surface area (Å²) in [4.78, 5) is 24.1. The fourth-order valence-corrected chi connectivity index (χ4v) is 4.88. The van der Waals surface area contributed by atoms with Crippen molar-refractivity contribution in [1.82, 2.24) is 19.4 Å². The summed E-state index contributed by atoms with van der Waals surface area (Å²) in [6.45, 7) is 1.61. The Morgan fingerprint density at radius 3 is 2.84 bits per heavy atom. The Hall–Kier alpha value is -2.87. The number of aromatic nitrogens is 3. The SMILES string of the molecule is COc1ccc(-c2nc(CC(=O)N3CCCC(Cc4nccn4C)C3)cs2)cc1OC. The van der Waals surface area contributed by atoms with Crippen LogP contribution in [0.15, 0.2) is 36.0 Å². The zero-order valence-electron chi connectivity index (χ0n) is 18.2. The number of ether oxygens (including phenoxy) is 2. The fourth-order valence-electron chi connectivity index (χ4n) is 4.07. The van der Waals surface area contributed by atoms with Gasteiger partial charge in [0.15, 0.2) is 11.5 Å². The standard InChI is InChI=1S/C23H28N4O3S/c1-26-10-8-24-21(26)11-16-5-4-9-27(14-16)22(28)13-18-15-31-23(25-18)17-6-7-19(29-2)20(12-17)30-3/h6-8,10,12,15-16H,4-5,9,11,13-14H2,1-3H3. The molecular weight excluding hydrogens is 412 g/mol. The second-order valence-electron chi connectivity index (χ2n) is 7.90. The number of benzene rings is 1. The van der Waals surface area contributed by atoms with Crippen LogP contribution in [0.2, 0.25) is 0 Å². The molecule has 8 heteroatoms. The lowest BCUT2D eigenvalue weighted by Gasteiger charge is -2.32. The molecule has 2 aromatic heterocycles. The molecule has 164 valence electrons. The van der Waals surface area contributed by atoms with Crippen LogP contribution in [-0.4, -0.2) is 52.7 Å². The molecule has 1 aliphatic heterocycles. The molecule has 1 fully saturated rings. The van der Waals surface area contributed by atoms with Gasteiger partial charge >= 0.3 is 0 Å². The molecule has 1 aromatic carbocycles. The highest BCUT2D eigenvalue weighted by molar-refractivity contribution is 7.13. The molecule has 0 bridgehead atoms. The number of amides is 1. The first-order valence-corrected chi connectivity index (χ1v) is 11.4. The predicted octanol–water partition coefficient (Wildman–Crippen LogP) is 3.58. The Bertz CT molecular complexity index is 1050. The number of imidazole rings is 1. The van der Waals surface area contributed by atoms with Gasteiger partial charge in [-0.2, -0.15) is 0 Å². The van der Waals surface area contributed by atoms with E-state index in [0.717, 1.165) is 54.4 Å². The van der Waals surface area contributed by atoms with Crippen LogP contribution in [0.1, 0.15) is 24.4 Å². The minimum Gasteiger partial charge on any atom is -0.493 e. The Balaban J connectivity index is 1.39. The van der Waals surface area contributed by atoms with Gasteiger partial charge in [0.1, 0.15) is 10.8 Å². The van der Waals surface area contributed by atoms with Gasteiger partial charge < -0.3 is 18.9 Å². The van der Waals surface area contributed by atoms with Gasteiger partial charge in [-0.3, -0.25) is 4.79 Å². The minimum absolute atomic E-state index is 0.147. The average Bonchev–Trinajstić information content (AvgIpc) is 3.42. The van der Waals surface area contributed by atoms with E-state index in [9.17, 15) is 4.79 Å². The van der Waals surface area contributed by atoms with E-state index in [1.807, 2.05) is 47.9 Å². The predicted molar refractivity (Wildman–Crippen MR) is 121 cm³/mol. The maximum absolute atomic E-state index is 12.9. The number of hydrogen-bond donors (Lipinski definition) is 0. The number of thiazole rings is 1. The third kappa shape index (κ3) is 4.90.